The molecule has 0 radical (unpaired) electrons. The molecule has 0 unspecified atom stereocenters. The lowest BCUT2D eigenvalue weighted by Crippen LogP contribution is -2.41. The third-order valence-corrected chi connectivity index (χ3v) is 4.22. The summed E-state index contributed by atoms with van der Waals surface area (Å²) in [6.45, 7) is 10.1. The molecule has 0 aliphatic carbocycles. The van der Waals surface area contributed by atoms with Crippen molar-refractivity contribution in [1.29, 1.82) is 0 Å². The van der Waals surface area contributed by atoms with E-state index in [0.717, 1.165) is 16.6 Å². The Balaban J connectivity index is 2.25. The Morgan fingerprint density at radius 3 is 2.20 bits per heavy atom. The van der Waals surface area contributed by atoms with Crippen molar-refractivity contribution in [1.82, 2.24) is 0 Å². The molecular formula is C15H22BNO3. The van der Waals surface area contributed by atoms with Crippen LogP contribution in [0.5, 0.6) is 0 Å². The maximum atomic E-state index is 11.0. The van der Waals surface area contributed by atoms with Gasteiger partial charge < -0.3 is 15.0 Å². The van der Waals surface area contributed by atoms with Crippen LogP contribution in [0.1, 0.15) is 38.8 Å². The first-order valence-electron chi connectivity index (χ1n) is 6.86. The summed E-state index contributed by atoms with van der Waals surface area (Å²) in [4.78, 5) is 11.0. The van der Waals surface area contributed by atoms with Crippen LogP contribution in [0.3, 0.4) is 0 Å². The fourth-order valence-corrected chi connectivity index (χ4v) is 2.28. The van der Waals surface area contributed by atoms with Crippen molar-refractivity contribution < 1.29 is 14.1 Å². The van der Waals surface area contributed by atoms with Gasteiger partial charge in [0.15, 0.2) is 0 Å². The number of primary amides is 1. The molecule has 1 aromatic rings. The van der Waals surface area contributed by atoms with E-state index in [-0.39, 0.29) is 30.6 Å². The second kappa shape index (κ2) is 4.90. The van der Waals surface area contributed by atoms with Gasteiger partial charge in [0.05, 0.1) is 17.6 Å². The standard InChI is InChI=1S/C15H22BNO3/c1-10-8-11(9-13(17)18)6-7-12(10)16-19-14(2,3)15(4,5)20-16/h6-8H,9H2,1-5H3,(H2,17,18). The molecule has 0 aromatic heterocycles. The van der Waals surface area contributed by atoms with Crippen LogP contribution < -0.4 is 11.2 Å². The second-order valence-corrected chi connectivity index (χ2v) is 6.42. The van der Waals surface area contributed by atoms with Gasteiger partial charge in [0.25, 0.3) is 0 Å². The lowest BCUT2D eigenvalue weighted by atomic mass is 9.75. The van der Waals surface area contributed by atoms with Gasteiger partial charge in [-0.05, 0) is 45.6 Å². The molecule has 2 rings (SSSR count). The van der Waals surface area contributed by atoms with E-state index >= 15 is 0 Å². The highest BCUT2D eigenvalue weighted by Gasteiger charge is 2.51. The Labute approximate surface area is 120 Å². The summed E-state index contributed by atoms with van der Waals surface area (Å²) in [6.07, 6.45) is 0.254. The lowest BCUT2D eigenvalue weighted by molar-refractivity contribution is -0.117. The average molecular weight is 275 g/mol. The van der Waals surface area contributed by atoms with Gasteiger partial charge in [-0.3, -0.25) is 4.79 Å². The molecule has 108 valence electrons. The number of benzene rings is 1. The van der Waals surface area contributed by atoms with Crippen LogP contribution in [0, 0.1) is 6.92 Å². The van der Waals surface area contributed by atoms with Crippen LogP contribution in [-0.4, -0.2) is 24.2 Å². The van der Waals surface area contributed by atoms with Gasteiger partial charge in [-0.1, -0.05) is 23.8 Å². The van der Waals surface area contributed by atoms with Gasteiger partial charge in [-0.25, -0.2) is 0 Å². The molecule has 2 N–H and O–H groups in total. The number of rotatable bonds is 3. The third kappa shape index (κ3) is 2.74. The Bertz CT molecular complexity index is 524. The summed E-state index contributed by atoms with van der Waals surface area (Å²) < 4.78 is 12.1. The van der Waals surface area contributed by atoms with E-state index in [9.17, 15) is 4.79 Å². The summed E-state index contributed by atoms with van der Waals surface area (Å²) in [7, 11) is -0.373. The fourth-order valence-electron chi connectivity index (χ4n) is 2.28. The van der Waals surface area contributed by atoms with Gasteiger partial charge in [0.1, 0.15) is 0 Å². The monoisotopic (exact) mass is 275 g/mol. The minimum absolute atomic E-state index is 0.254. The SMILES string of the molecule is Cc1cc(CC(N)=O)ccc1B1OC(C)(C)C(C)(C)O1. The van der Waals surface area contributed by atoms with E-state index in [0.29, 0.717) is 0 Å². The van der Waals surface area contributed by atoms with Crippen molar-refractivity contribution in [2.45, 2.75) is 52.2 Å². The first kappa shape index (κ1) is 15.1. The highest BCUT2D eigenvalue weighted by atomic mass is 16.7. The summed E-state index contributed by atoms with van der Waals surface area (Å²) in [5.41, 5.74) is 7.47. The van der Waals surface area contributed by atoms with Gasteiger partial charge in [0, 0.05) is 0 Å². The summed E-state index contributed by atoms with van der Waals surface area (Å²) in [5, 5.41) is 0. The molecule has 0 atom stereocenters. The van der Waals surface area contributed by atoms with Crippen LogP contribution in [-0.2, 0) is 20.5 Å². The fraction of sp³-hybridized carbons (Fsp3) is 0.533. The summed E-state index contributed by atoms with van der Waals surface area (Å²) in [6, 6.07) is 5.82. The molecule has 1 fully saturated rings. The number of hydrogen-bond donors (Lipinski definition) is 1. The molecule has 4 nitrogen and oxygen atoms in total. The molecule has 0 bridgehead atoms. The molecule has 0 spiro atoms. The number of aryl methyl sites for hydroxylation is 1. The van der Waals surface area contributed by atoms with Crippen molar-refractivity contribution in [2.75, 3.05) is 0 Å². The smallest absolute Gasteiger partial charge is 0.399 e. The molecule has 20 heavy (non-hydrogen) atoms. The summed E-state index contributed by atoms with van der Waals surface area (Å²) in [5.74, 6) is -0.326. The Kier molecular flexibility index (Phi) is 3.69. The first-order valence-corrected chi connectivity index (χ1v) is 6.86. The molecular weight excluding hydrogens is 253 g/mol. The minimum atomic E-state index is -0.373. The van der Waals surface area contributed by atoms with Crippen molar-refractivity contribution in [3.05, 3.63) is 29.3 Å². The second-order valence-electron chi connectivity index (χ2n) is 6.42. The van der Waals surface area contributed by atoms with Crippen LogP contribution in [0.2, 0.25) is 0 Å². The first-order chi connectivity index (χ1) is 9.12. The van der Waals surface area contributed by atoms with Crippen molar-refractivity contribution in [3.63, 3.8) is 0 Å². The van der Waals surface area contributed by atoms with E-state index in [4.69, 9.17) is 15.0 Å². The van der Waals surface area contributed by atoms with Crippen molar-refractivity contribution >= 4 is 18.5 Å². The predicted octanol–water partition coefficient (Wildman–Crippen LogP) is 1.32. The molecule has 1 aromatic carbocycles. The zero-order valence-electron chi connectivity index (χ0n) is 12.8. The maximum absolute atomic E-state index is 11.0. The number of carbonyl (C=O) groups excluding carboxylic acids is 1. The third-order valence-electron chi connectivity index (χ3n) is 4.22. The molecule has 1 aliphatic rings. The Morgan fingerprint density at radius 1 is 1.20 bits per heavy atom. The average Bonchev–Trinajstić information content (AvgIpc) is 2.46. The number of carbonyl (C=O) groups is 1. The molecule has 1 saturated heterocycles. The highest BCUT2D eigenvalue weighted by molar-refractivity contribution is 6.62. The zero-order valence-corrected chi connectivity index (χ0v) is 12.8. The quantitative estimate of drug-likeness (QED) is 0.846. The molecule has 1 aliphatic heterocycles. The van der Waals surface area contributed by atoms with Gasteiger partial charge in [-0.15, -0.1) is 0 Å². The lowest BCUT2D eigenvalue weighted by Gasteiger charge is -2.32. The van der Waals surface area contributed by atoms with Gasteiger partial charge in [0.2, 0.25) is 5.91 Å². The largest absolute Gasteiger partial charge is 0.495 e. The predicted molar refractivity (Wildman–Crippen MR) is 79.8 cm³/mol. The van der Waals surface area contributed by atoms with E-state index in [1.807, 2.05) is 52.8 Å². The summed E-state index contributed by atoms with van der Waals surface area (Å²) >= 11 is 0. The van der Waals surface area contributed by atoms with Crippen LogP contribution in [0.15, 0.2) is 18.2 Å². The van der Waals surface area contributed by atoms with E-state index in [1.165, 1.54) is 0 Å². The molecule has 1 heterocycles. The Morgan fingerprint density at radius 2 is 1.75 bits per heavy atom. The van der Waals surface area contributed by atoms with Gasteiger partial charge >= 0.3 is 7.12 Å². The normalized spacial score (nSPS) is 20.1. The van der Waals surface area contributed by atoms with Crippen LogP contribution in [0.25, 0.3) is 0 Å². The molecule has 0 saturated carbocycles. The number of nitrogens with two attached hydrogens (primary N) is 1. The molecule has 1 amide bonds. The van der Waals surface area contributed by atoms with Crippen LogP contribution in [0.4, 0.5) is 0 Å². The maximum Gasteiger partial charge on any atom is 0.495 e. The zero-order chi connectivity index (χ0) is 15.1. The highest BCUT2D eigenvalue weighted by Crippen LogP contribution is 2.36. The van der Waals surface area contributed by atoms with Crippen molar-refractivity contribution in [3.8, 4) is 0 Å². The number of hydrogen-bond acceptors (Lipinski definition) is 3. The van der Waals surface area contributed by atoms with E-state index < -0.39 is 0 Å². The van der Waals surface area contributed by atoms with Crippen molar-refractivity contribution in [2.24, 2.45) is 5.73 Å². The minimum Gasteiger partial charge on any atom is -0.399 e. The number of amides is 1. The topological polar surface area (TPSA) is 61.6 Å². The molecule has 5 heteroatoms. The van der Waals surface area contributed by atoms with E-state index in [2.05, 4.69) is 0 Å². The van der Waals surface area contributed by atoms with Gasteiger partial charge in [-0.2, -0.15) is 0 Å². The Hall–Kier alpha value is -1.33. The van der Waals surface area contributed by atoms with E-state index in [1.54, 1.807) is 0 Å². The van der Waals surface area contributed by atoms with Crippen LogP contribution >= 0.6 is 0 Å².